The Bertz CT molecular complexity index is 725. The lowest BCUT2D eigenvalue weighted by atomic mass is 9.79. The van der Waals surface area contributed by atoms with Crippen molar-refractivity contribution in [1.29, 1.82) is 0 Å². The highest BCUT2D eigenvalue weighted by atomic mass is 16.5. The molecule has 1 N–H and O–H groups in total. The quantitative estimate of drug-likeness (QED) is 0.937. The van der Waals surface area contributed by atoms with Gasteiger partial charge in [-0.2, -0.15) is 0 Å². The van der Waals surface area contributed by atoms with E-state index in [2.05, 4.69) is 46.9 Å². The minimum atomic E-state index is -0.182. The molecule has 2 heterocycles. The summed E-state index contributed by atoms with van der Waals surface area (Å²) in [4.78, 5) is 2.52. The number of aryl methyl sites for hydroxylation is 1. The molecule has 1 aliphatic heterocycles. The number of methoxy groups -OCH3 is 1. The Morgan fingerprint density at radius 2 is 2.17 bits per heavy atom. The molecular weight excluding hydrogens is 300 g/mol. The van der Waals surface area contributed by atoms with E-state index in [1.165, 1.54) is 16.5 Å². The van der Waals surface area contributed by atoms with Gasteiger partial charge in [0.2, 0.25) is 0 Å². The molecule has 4 rings (SSSR count). The summed E-state index contributed by atoms with van der Waals surface area (Å²) >= 11 is 0. The Labute approximate surface area is 144 Å². The highest BCUT2D eigenvalue weighted by molar-refractivity contribution is 5.80. The molecule has 0 radical (unpaired) electrons. The van der Waals surface area contributed by atoms with Crippen molar-refractivity contribution >= 4 is 10.9 Å². The molecule has 1 aromatic heterocycles. The van der Waals surface area contributed by atoms with Crippen LogP contribution in [0.1, 0.15) is 38.2 Å². The summed E-state index contributed by atoms with van der Waals surface area (Å²) in [7, 11) is 1.84. The van der Waals surface area contributed by atoms with Crippen LogP contribution in [0.25, 0.3) is 10.9 Å². The van der Waals surface area contributed by atoms with E-state index in [0.717, 1.165) is 45.3 Å². The van der Waals surface area contributed by atoms with E-state index in [4.69, 9.17) is 4.74 Å². The molecule has 2 aromatic rings. The zero-order valence-corrected chi connectivity index (χ0v) is 14.7. The van der Waals surface area contributed by atoms with Crippen LogP contribution in [0.15, 0.2) is 30.5 Å². The van der Waals surface area contributed by atoms with Gasteiger partial charge in [-0.15, -0.1) is 0 Å². The van der Waals surface area contributed by atoms with E-state index in [-0.39, 0.29) is 11.7 Å². The molecule has 1 aliphatic carbocycles. The van der Waals surface area contributed by atoms with Gasteiger partial charge in [0, 0.05) is 44.5 Å². The van der Waals surface area contributed by atoms with Gasteiger partial charge in [-0.1, -0.05) is 12.1 Å². The van der Waals surface area contributed by atoms with Crippen molar-refractivity contribution in [2.45, 2.75) is 63.4 Å². The zero-order valence-electron chi connectivity index (χ0n) is 14.7. The molecule has 1 saturated heterocycles. The number of hydrogen-bond acceptors (Lipinski definition) is 3. The lowest BCUT2D eigenvalue weighted by molar-refractivity contribution is -0.0879. The van der Waals surface area contributed by atoms with E-state index in [9.17, 15) is 5.11 Å². The first-order valence-electron chi connectivity index (χ1n) is 9.20. The van der Waals surface area contributed by atoms with E-state index in [1.54, 1.807) is 0 Å². The molecule has 1 saturated carbocycles. The summed E-state index contributed by atoms with van der Waals surface area (Å²) in [5.41, 5.74) is 2.62. The Morgan fingerprint density at radius 1 is 1.29 bits per heavy atom. The van der Waals surface area contributed by atoms with Crippen LogP contribution in [0.2, 0.25) is 0 Å². The molecule has 1 aromatic carbocycles. The van der Waals surface area contributed by atoms with Crippen molar-refractivity contribution in [3.05, 3.63) is 36.0 Å². The molecule has 130 valence electrons. The second-order valence-electron chi connectivity index (χ2n) is 7.43. The highest BCUT2D eigenvalue weighted by Gasteiger charge is 2.50. The van der Waals surface area contributed by atoms with Gasteiger partial charge in [0.05, 0.1) is 11.7 Å². The molecule has 0 unspecified atom stereocenters. The monoisotopic (exact) mass is 328 g/mol. The SMILES string of the molecule is CCn1ccc2ccc(CN3CC[C@]4(OC)CC[C@H](O)C[C@H]34)cc21. The van der Waals surface area contributed by atoms with Crippen LogP contribution in [0.5, 0.6) is 0 Å². The summed E-state index contributed by atoms with van der Waals surface area (Å²) in [6, 6.07) is 9.32. The minimum absolute atomic E-state index is 0.0486. The molecule has 2 aliphatic rings. The van der Waals surface area contributed by atoms with E-state index in [0.29, 0.717) is 6.04 Å². The maximum absolute atomic E-state index is 10.1. The van der Waals surface area contributed by atoms with Crippen molar-refractivity contribution in [2.75, 3.05) is 13.7 Å². The van der Waals surface area contributed by atoms with Crippen LogP contribution in [0.4, 0.5) is 0 Å². The fourth-order valence-electron chi connectivity index (χ4n) is 4.80. The number of hydrogen-bond donors (Lipinski definition) is 1. The smallest absolute Gasteiger partial charge is 0.0847 e. The predicted octanol–water partition coefficient (Wildman–Crippen LogP) is 3.17. The van der Waals surface area contributed by atoms with Crippen LogP contribution >= 0.6 is 0 Å². The van der Waals surface area contributed by atoms with Crippen LogP contribution < -0.4 is 0 Å². The molecule has 3 atom stereocenters. The molecule has 2 fully saturated rings. The lowest BCUT2D eigenvalue weighted by Gasteiger charge is -2.42. The Hall–Kier alpha value is -1.36. The summed E-state index contributed by atoms with van der Waals surface area (Å²) < 4.78 is 8.25. The lowest BCUT2D eigenvalue weighted by Crippen LogP contribution is -2.51. The minimum Gasteiger partial charge on any atom is -0.393 e. The van der Waals surface area contributed by atoms with Gasteiger partial charge in [0.25, 0.3) is 0 Å². The van der Waals surface area contributed by atoms with Crippen LogP contribution in [0.3, 0.4) is 0 Å². The Balaban J connectivity index is 1.58. The molecule has 4 heteroatoms. The number of aromatic nitrogens is 1. The number of rotatable bonds is 4. The van der Waals surface area contributed by atoms with Gasteiger partial charge in [-0.25, -0.2) is 0 Å². The summed E-state index contributed by atoms with van der Waals surface area (Å²) in [5.74, 6) is 0. The predicted molar refractivity (Wildman–Crippen MR) is 96.0 cm³/mol. The van der Waals surface area contributed by atoms with Gasteiger partial charge in [-0.3, -0.25) is 4.90 Å². The van der Waals surface area contributed by atoms with Crippen molar-refractivity contribution in [3.8, 4) is 0 Å². The van der Waals surface area contributed by atoms with Gasteiger partial charge >= 0.3 is 0 Å². The summed E-state index contributed by atoms with van der Waals surface area (Å²) in [6.07, 6.45) is 5.74. The molecule has 0 spiro atoms. The molecular formula is C20H28N2O2. The fraction of sp³-hybridized carbons (Fsp3) is 0.600. The van der Waals surface area contributed by atoms with E-state index in [1.807, 2.05) is 7.11 Å². The van der Waals surface area contributed by atoms with E-state index < -0.39 is 0 Å². The van der Waals surface area contributed by atoms with Crippen LogP contribution in [0, 0.1) is 0 Å². The number of aliphatic hydroxyl groups is 1. The van der Waals surface area contributed by atoms with Gasteiger partial charge < -0.3 is 14.4 Å². The Morgan fingerprint density at radius 3 is 2.96 bits per heavy atom. The first-order chi connectivity index (χ1) is 11.6. The van der Waals surface area contributed by atoms with Crippen LogP contribution in [-0.2, 0) is 17.8 Å². The standard InChI is InChI=1S/C20H28N2O2/c1-3-21-10-7-16-5-4-15(12-18(16)21)14-22-11-9-20(24-2)8-6-17(23)13-19(20)22/h4-5,7,10,12,17,19,23H,3,6,8-9,11,13-14H2,1-2H3/t17-,19-,20+/m0/s1. The maximum atomic E-state index is 10.1. The highest BCUT2D eigenvalue weighted by Crippen LogP contribution is 2.43. The third-order valence-electron chi connectivity index (χ3n) is 6.24. The third kappa shape index (κ3) is 2.57. The molecule has 4 nitrogen and oxygen atoms in total. The van der Waals surface area contributed by atoms with Crippen molar-refractivity contribution < 1.29 is 9.84 Å². The number of ether oxygens (including phenoxy) is 1. The number of aliphatic hydroxyl groups excluding tert-OH is 1. The maximum Gasteiger partial charge on any atom is 0.0847 e. The van der Waals surface area contributed by atoms with Crippen molar-refractivity contribution in [1.82, 2.24) is 9.47 Å². The topological polar surface area (TPSA) is 37.6 Å². The number of nitrogens with zero attached hydrogens (tertiary/aromatic N) is 2. The number of likely N-dealkylation sites (tertiary alicyclic amines) is 1. The number of fused-ring (bicyclic) bond motifs is 2. The zero-order chi connectivity index (χ0) is 16.7. The third-order valence-corrected chi connectivity index (χ3v) is 6.24. The first kappa shape index (κ1) is 16.1. The second kappa shape index (κ2) is 6.17. The average Bonchev–Trinajstić information content (AvgIpc) is 3.17. The van der Waals surface area contributed by atoms with Crippen molar-refractivity contribution in [2.24, 2.45) is 0 Å². The molecule has 0 bridgehead atoms. The summed E-state index contributed by atoms with van der Waals surface area (Å²) in [5, 5.41) is 11.5. The average molecular weight is 328 g/mol. The summed E-state index contributed by atoms with van der Waals surface area (Å²) in [6.45, 7) is 5.17. The second-order valence-corrected chi connectivity index (χ2v) is 7.43. The largest absolute Gasteiger partial charge is 0.393 e. The van der Waals surface area contributed by atoms with Gasteiger partial charge in [0.1, 0.15) is 0 Å². The van der Waals surface area contributed by atoms with Crippen molar-refractivity contribution in [3.63, 3.8) is 0 Å². The Kier molecular flexibility index (Phi) is 4.15. The van der Waals surface area contributed by atoms with Crippen LogP contribution in [-0.4, -0.2) is 46.0 Å². The van der Waals surface area contributed by atoms with Gasteiger partial charge in [0.15, 0.2) is 0 Å². The fourth-order valence-corrected chi connectivity index (χ4v) is 4.80. The first-order valence-corrected chi connectivity index (χ1v) is 9.20. The normalized spacial score (nSPS) is 30.8. The van der Waals surface area contributed by atoms with E-state index >= 15 is 0 Å². The number of benzene rings is 1. The van der Waals surface area contributed by atoms with Gasteiger partial charge in [-0.05, 0) is 55.7 Å². The molecule has 0 amide bonds. The molecule has 24 heavy (non-hydrogen) atoms.